The highest BCUT2D eigenvalue weighted by atomic mass is 16.1. The fourth-order valence-corrected chi connectivity index (χ4v) is 2.97. The molecule has 0 radical (unpaired) electrons. The quantitative estimate of drug-likeness (QED) is 0.542. The van der Waals surface area contributed by atoms with Gasteiger partial charge in [0.05, 0.1) is 16.4 Å². The predicted molar refractivity (Wildman–Crippen MR) is 86.6 cm³/mol. The number of benzene rings is 2. The zero-order valence-corrected chi connectivity index (χ0v) is 11.6. The van der Waals surface area contributed by atoms with Crippen molar-refractivity contribution < 1.29 is 0 Å². The van der Waals surface area contributed by atoms with E-state index < -0.39 is 0 Å². The van der Waals surface area contributed by atoms with Crippen LogP contribution in [-0.4, -0.2) is 9.97 Å². The highest BCUT2D eigenvalue weighted by Crippen LogP contribution is 2.30. The van der Waals surface area contributed by atoms with Gasteiger partial charge in [0.25, 0.3) is 5.56 Å². The first-order valence-electron chi connectivity index (χ1n) is 6.94. The molecule has 0 saturated heterocycles. The molecule has 0 fully saturated rings. The molecule has 0 atom stereocenters. The van der Waals surface area contributed by atoms with E-state index in [0.717, 1.165) is 38.6 Å². The first-order valence-corrected chi connectivity index (χ1v) is 6.94. The average Bonchev–Trinajstić information content (AvgIpc) is 2.87. The van der Waals surface area contributed by atoms with Gasteiger partial charge in [-0.25, -0.2) is 0 Å². The third-order valence-corrected chi connectivity index (χ3v) is 3.98. The third kappa shape index (κ3) is 1.71. The van der Waals surface area contributed by atoms with Crippen molar-refractivity contribution in [3.8, 4) is 11.3 Å². The monoisotopic (exact) mass is 274 g/mol. The van der Waals surface area contributed by atoms with E-state index in [0.29, 0.717) is 0 Å². The van der Waals surface area contributed by atoms with Crippen LogP contribution < -0.4 is 5.56 Å². The molecule has 0 amide bonds. The van der Waals surface area contributed by atoms with Gasteiger partial charge in [-0.15, -0.1) is 0 Å². The van der Waals surface area contributed by atoms with Crippen LogP contribution in [0.3, 0.4) is 0 Å². The van der Waals surface area contributed by atoms with E-state index >= 15 is 0 Å². The van der Waals surface area contributed by atoms with Crippen LogP contribution in [0.2, 0.25) is 0 Å². The second kappa shape index (κ2) is 4.35. The molecule has 0 bridgehead atoms. The van der Waals surface area contributed by atoms with Gasteiger partial charge in [0.2, 0.25) is 0 Å². The normalized spacial score (nSPS) is 11.3. The summed E-state index contributed by atoms with van der Waals surface area (Å²) in [5.74, 6) is 0. The first-order chi connectivity index (χ1) is 10.3. The number of fused-ring (bicyclic) bond motifs is 3. The molecule has 2 N–H and O–H groups in total. The third-order valence-electron chi connectivity index (χ3n) is 3.98. The maximum absolute atomic E-state index is 12.4. The molecule has 4 rings (SSSR count). The minimum absolute atomic E-state index is 0.0420. The van der Waals surface area contributed by atoms with Crippen LogP contribution in [0.25, 0.3) is 33.1 Å². The molecule has 0 saturated carbocycles. The fourth-order valence-electron chi connectivity index (χ4n) is 2.97. The van der Waals surface area contributed by atoms with Gasteiger partial charge in [0, 0.05) is 11.1 Å². The Kier molecular flexibility index (Phi) is 2.48. The van der Waals surface area contributed by atoms with Gasteiger partial charge in [0.15, 0.2) is 0 Å². The molecule has 0 aliphatic carbocycles. The van der Waals surface area contributed by atoms with Crippen molar-refractivity contribution >= 4 is 21.8 Å². The molecule has 0 unspecified atom stereocenters. The largest absolute Gasteiger partial charge is 0.354 e. The van der Waals surface area contributed by atoms with Crippen molar-refractivity contribution in [1.29, 1.82) is 0 Å². The molecule has 2 aromatic heterocycles. The second-order valence-corrected chi connectivity index (χ2v) is 5.24. The van der Waals surface area contributed by atoms with Crippen molar-refractivity contribution in [2.45, 2.75) is 6.92 Å². The summed E-state index contributed by atoms with van der Waals surface area (Å²) in [6, 6.07) is 18.0. The van der Waals surface area contributed by atoms with Gasteiger partial charge in [-0.3, -0.25) is 4.79 Å². The number of rotatable bonds is 1. The van der Waals surface area contributed by atoms with Crippen molar-refractivity contribution in [2.75, 3.05) is 0 Å². The number of hydrogen-bond acceptors (Lipinski definition) is 1. The summed E-state index contributed by atoms with van der Waals surface area (Å²) in [4.78, 5) is 18.8. The van der Waals surface area contributed by atoms with Gasteiger partial charge in [-0.1, -0.05) is 48.5 Å². The summed E-state index contributed by atoms with van der Waals surface area (Å²) >= 11 is 0. The number of aromatic amines is 2. The van der Waals surface area contributed by atoms with Crippen molar-refractivity contribution in [3.63, 3.8) is 0 Å². The van der Waals surface area contributed by atoms with Gasteiger partial charge < -0.3 is 9.97 Å². The number of aromatic nitrogens is 2. The van der Waals surface area contributed by atoms with Crippen LogP contribution in [0.5, 0.6) is 0 Å². The van der Waals surface area contributed by atoms with Crippen molar-refractivity contribution in [1.82, 2.24) is 9.97 Å². The van der Waals surface area contributed by atoms with Gasteiger partial charge >= 0.3 is 0 Å². The molecule has 0 aliphatic heterocycles. The lowest BCUT2D eigenvalue weighted by Gasteiger charge is -1.98. The minimum atomic E-state index is -0.0420. The molecule has 0 aliphatic rings. The molecular formula is C18H14N2O. The topological polar surface area (TPSA) is 48.6 Å². The van der Waals surface area contributed by atoms with E-state index in [4.69, 9.17) is 0 Å². The Hall–Kier alpha value is -2.81. The summed E-state index contributed by atoms with van der Waals surface area (Å²) < 4.78 is 0. The Morgan fingerprint density at radius 3 is 2.38 bits per heavy atom. The van der Waals surface area contributed by atoms with Crippen LogP contribution in [0, 0.1) is 6.92 Å². The standard InChI is InChI=1S/C18H14N2O/c1-11-15-17(20-16(11)12-7-3-2-4-8-12)13-9-5-6-10-14(13)19-18(15)21/h2-10,20H,1H3,(H,19,21). The number of H-pyrrole nitrogens is 2. The highest BCUT2D eigenvalue weighted by Gasteiger charge is 2.14. The Morgan fingerprint density at radius 1 is 0.857 bits per heavy atom. The Morgan fingerprint density at radius 2 is 1.57 bits per heavy atom. The lowest BCUT2D eigenvalue weighted by atomic mass is 10.1. The van der Waals surface area contributed by atoms with Crippen LogP contribution in [0.15, 0.2) is 59.4 Å². The summed E-state index contributed by atoms with van der Waals surface area (Å²) in [7, 11) is 0. The van der Waals surface area contributed by atoms with Gasteiger partial charge in [-0.2, -0.15) is 0 Å². The summed E-state index contributed by atoms with van der Waals surface area (Å²) in [5.41, 5.74) is 4.81. The lowest BCUT2D eigenvalue weighted by molar-refractivity contribution is 1.34. The van der Waals surface area contributed by atoms with E-state index in [1.807, 2.05) is 61.5 Å². The predicted octanol–water partition coefficient (Wildman–Crippen LogP) is 3.98. The average molecular weight is 274 g/mol. The summed E-state index contributed by atoms with van der Waals surface area (Å²) in [5, 5.41) is 1.78. The van der Waals surface area contributed by atoms with E-state index in [1.165, 1.54) is 0 Å². The van der Waals surface area contributed by atoms with Crippen molar-refractivity contribution in [3.05, 3.63) is 70.5 Å². The molecular weight excluding hydrogens is 260 g/mol. The molecule has 102 valence electrons. The van der Waals surface area contributed by atoms with Crippen molar-refractivity contribution in [2.24, 2.45) is 0 Å². The Bertz CT molecular complexity index is 1010. The molecule has 3 nitrogen and oxygen atoms in total. The fraction of sp³-hybridized carbons (Fsp3) is 0.0556. The molecule has 2 heterocycles. The molecule has 21 heavy (non-hydrogen) atoms. The van der Waals surface area contributed by atoms with Crippen LogP contribution in [0.4, 0.5) is 0 Å². The number of hydrogen-bond donors (Lipinski definition) is 2. The summed E-state index contributed by atoms with van der Waals surface area (Å²) in [6.45, 7) is 1.99. The van der Waals surface area contributed by atoms with E-state index in [-0.39, 0.29) is 5.56 Å². The molecule has 0 spiro atoms. The Balaban J connectivity index is 2.18. The Labute approximate surface area is 121 Å². The zero-order valence-electron chi connectivity index (χ0n) is 11.6. The van der Waals surface area contributed by atoms with E-state index in [9.17, 15) is 4.79 Å². The van der Waals surface area contributed by atoms with Gasteiger partial charge in [-0.05, 0) is 24.1 Å². The maximum atomic E-state index is 12.4. The first kappa shape index (κ1) is 12.0. The number of aryl methyl sites for hydroxylation is 1. The molecule has 4 aromatic rings. The smallest absolute Gasteiger partial charge is 0.258 e. The summed E-state index contributed by atoms with van der Waals surface area (Å²) in [6.07, 6.45) is 0. The second-order valence-electron chi connectivity index (χ2n) is 5.24. The highest BCUT2D eigenvalue weighted by molar-refractivity contribution is 6.06. The number of pyridine rings is 1. The van der Waals surface area contributed by atoms with Gasteiger partial charge in [0.1, 0.15) is 0 Å². The molecule has 2 aromatic carbocycles. The van der Waals surface area contributed by atoms with Crippen LogP contribution in [0.1, 0.15) is 5.56 Å². The maximum Gasteiger partial charge on any atom is 0.258 e. The lowest BCUT2D eigenvalue weighted by Crippen LogP contribution is -2.06. The number of para-hydroxylation sites is 1. The minimum Gasteiger partial charge on any atom is -0.354 e. The van der Waals surface area contributed by atoms with Crippen LogP contribution in [-0.2, 0) is 0 Å². The SMILES string of the molecule is Cc1c(-c2ccccc2)[nH]c2c1c(=O)[nH]c1ccccc12. The van der Waals surface area contributed by atoms with E-state index in [2.05, 4.69) is 9.97 Å². The molecule has 3 heteroatoms. The van der Waals surface area contributed by atoms with E-state index in [1.54, 1.807) is 0 Å². The number of nitrogens with one attached hydrogen (secondary N) is 2. The van der Waals surface area contributed by atoms with Crippen LogP contribution >= 0.6 is 0 Å². The zero-order chi connectivity index (χ0) is 14.4.